The van der Waals surface area contributed by atoms with Gasteiger partial charge in [-0.1, -0.05) is 17.7 Å². The minimum absolute atomic E-state index is 0.140. The molecule has 3 heterocycles. The fourth-order valence-electron chi connectivity index (χ4n) is 2.03. The van der Waals surface area contributed by atoms with E-state index < -0.39 is 15.4 Å². The third-order valence-electron chi connectivity index (χ3n) is 3.09. The van der Waals surface area contributed by atoms with E-state index in [-0.39, 0.29) is 5.03 Å². The van der Waals surface area contributed by atoms with Gasteiger partial charge in [0.15, 0.2) is 14.9 Å². The number of halogens is 1. The van der Waals surface area contributed by atoms with E-state index in [2.05, 4.69) is 10.1 Å². The zero-order valence-electron chi connectivity index (χ0n) is 11.5. The molecule has 0 saturated carbocycles. The van der Waals surface area contributed by atoms with Crippen LogP contribution in [-0.2, 0) is 16.4 Å². The molecule has 0 fully saturated rings. The highest BCUT2D eigenvalue weighted by Gasteiger charge is 2.15. The van der Waals surface area contributed by atoms with E-state index in [4.69, 9.17) is 11.6 Å². The van der Waals surface area contributed by atoms with Gasteiger partial charge in [-0.05, 0) is 11.6 Å². The highest BCUT2D eigenvalue weighted by Crippen LogP contribution is 2.12. The van der Waals surface area contributed by atoms with Crippen LogP contribution in [0.3, 0.4) is 0 Å². The highest BCUT2D eigenvalue weighted by atomic mass is 35.5. The maximum atomic E-state index is 11.8. The average molecular weight is 339 g/mol. The molecule has 3 aromatic heterocycles. The Kier molecular flexibility index (Phi) is 3.50. The average Bonchev–Trinajstić information content (AvgIpc) is 2.90. The molecule has 0 aromatic carbocycles. The van der Waals surface area contributed by atoms with Crippen LogP contribution in [0.15, 0.2) is 46.5 Å². The van der Waals surface area contributed by atoms with Crippen LogP contribution >= 0.6 is 11.6 Å². The van der Waals surface area contributed by atoms with E-state index in [1.807, 2.05) is 0 Å². The second-order valence-corrected chi connectivity index (χ2v) is 7.15. The van der Waals surface area contributed by atoms with Crippen molar-refractivity contribution < 1.29 is 8.42 Å². The Morgan fingerprint density at radius 1 is 1.27 bits per heavy atom. The molecule has 0 aliphatic rings. The predicted octanol–water partition coefficient (Wildman–Crippen LogP) is 0.996. The molecule has 0 amide bonds. The Bertz CT molecular complexity index is 1010. The topological polar surface area (TPSA) is 86.3 Å². The van der Waals surface area contributed by atoms with Crippen molar-refractivity contribution in [3.63, 3.8) is 0 Å². The number of nitrogens with zero attached hydrogens (tertiary/aromatic N) is 4. The lowest BCUT2D eigenvalue weighted by molar-refractivity contribution is 0.596. The van der Waals surface area contributed by atoms with E-state index in [0.29, 0.717) is 17.3 Å². The monoisotopic (exact) mass is 338 g/mol. The lowest BCUT2D eigenvalue weighted by atomic mass is 10.3. The molecule has 22 heavy (non-hydrogen) atoms. The molecule has 0 aliphatic carbocycles. The van der Waals surface area contributed by atoms with Crippen molar-refractivity contribution >= 4 is 27.1 Å². The van der Waals surface area contributed by atoms with E-state index in [1.54, 1.807) is 29.1 Å². The summed E-state index contributed by atoms with van der Waals surface area (Å²) in [7, 11) is -3.49. The first-order chi connectivity index (χ1) is 10.3. The van der Waals surface area contributed by atoms with Gasteiger partial charge in [0.1, 0.15) is 10.8 Å². The summed E-state index contributed by atoms with van der Waals surface area (Å²) in [5, 5.41) is 4.11. The maximum absolute atomic E-state index is 11.8. The largest absolute Gasteiger partial charge is 0.328 e. The number of hydrogen-bond donors (Lipinski definition) is 0. The molecule has 7 nitrogen and oxygen atoms in total. The molecule has 3 rings (SSSR count). The molecular formula is C13H11ClN4O3S. The summed E-state index contributed by atoms with van der Waals surface area (Å²) >= 11 is 5.74. The van der Waals surface area contributed by atoms with Crippen molar-refractivity contribution in [3.8, 4) is 0 Å². The van der Waals surface area contributed by atoms with E-state index in [0.717, 1.165) is 16.3 Å². The summed E-state index contributed by atoms with van der Waals surface area (Å²) in [4.78, 5) is 15.8. The van der Waals surface area contributed by atoms with Crippen LogP contribution in [0.4, 0.5) is 0 Å². The fraction of sp³-hybridized carbons (Fsp3) is 0.154. The zero-order valence-corrected chi connectivity index (χ0v) is 13.0. The van der Waals surface area contributed by atoms with E-state index >= 15 is 0 Å². The van der Waals surface area contributed by atoms with Crippen LogP contribution in [0, 0.1) is 0 Å². The van der Waals surface area contributed by atoms with Crippen molar-refractivity contribution in [3.05, 3.63) is 57.7 Å². The van der Waals surface area contributed by atoms with Crippen LogP contribution in [-0.4, -0.2) is 33.8 Å². The number of hydrogen-bond acceptors (Lipinski definition) is 5. The first-order valence-corrected chi connectivity index (χ1v) is 8.51. The first kappa shape index (κ1) is 14.7. The summed E-state index contributed by atoms with van der Waals surface area (Å²) in [6.45, 7) is 0.406. The van der Waals surface area contributed by atoms with Crippen LogP contribution < -0.4 is 5.56 Å². The zero-order chi connectivity index (χ0) is 15.9. The van der Waals surface area contributed by atoms with Gasteiger partial charge in [0.05, 0.1) is 6.54 Å². The Labute approximate surface area is 130 Å². The molecule has 0 bridgehead atoms. The van der Waals surface area contributed by atoms with Gasteiger partial charge in [-0.15, -0.1) is 0 Å². The van der Waals surface area contributed by atoms with Gasteiger partial charge in [-0.25, -0.2) is 13.4 Å². The number of pyridine rings is 1. The van der Waals surface area contributed by atoms with Crippen molar-refractivity contribution in [2.75, 3.05) is 6.26 Å². The Balaban J connectivity index is 2.14. The van der Waals surface area contributed by atoms with Crippen molar-refractivity contribution in [1.82, 2.24) is 19.2 Å². The summed E-state index contributed by atoms with van der Waals surface area (Å²) in [5.41, 5.74) is 0.857. The van der Waals surface area contributed by atoms with Crippen molar-refractivity contribution in [1.29, 1.82) is 0 Å². The number of fused-ring (bicyclic) bond motifs is 1. The van der Waals surface area contributed by atoms with Crippen LogP contribution in [0.1, 0.15) is 5.56 Å². The molecule has 3 aromatic rings. The highest BCUT2D eigenvalue weighted by molar-refractivity contribution is 7.90. The second kappa shape index (κ2) is 5.22. The molecule has 0 N–H and O–H groups in total. The predicted molar refractivity (Wildman–Crippen MR) is 80.9 cm³/mol. The van der Waals surface area contributed by atoms with Crippen molar-refractivity contribution in [2.24, 2.45) is 0 Å². The van der Waals surface area contributed by atoms with E-state index in [9.17, 15) is 13.2 Å². The van der Waals surface area contributed by atoms with Crippen LogP contribution in [0.2, 0.25) is 5.15 Å². The maximum Gasteiger partial charge on any atom is 0.274 e. The molecule has 0 aliphatic heterocycles. The molecule has 0 atom stereocenters. The third kappa shape index (κ3) is 2.75. The van der Waals surface area contributed by atoms with Gasteiger partial charge in [-0.3, -0.25) is 4.79 Å². The quantitative estimate of drug-likeness (QED) is 0.665. The minimum atomic E-state index is -3.49. The minimum Gasteiger partial charge on any atom is -0.328 e. The Hall–Kier alpha value is -2.19. The van der Waals surface area contributed by atoms with Crippen LogP contribution in [0.25, 0.3) is 5.65 Å². The molecule has 9 heteroatoms. The lowest BCUT2D eigenvalue weighted by Gasteiger charge is -2.07. The van der Waals surface area contributed by atoms with Gasteiger partial charge < -0.3 is 4.57 Å². The number of sulfone groups is 1. The normalized spacial score (nSPS) is 11.9. The lowest BCUT2D eigenvalue weighted by Crippen LogP contribution is -2.17. The smallest absolute Gasteiger partial charge is 0.274 e. The van der Waals surface area contributed by atoms with Gasteiger partial charge in [0.25, 0.3) is 5.56 Å². The third-order valence-corrected chi connectivity index (χ3v) is 4.27. The van der Waals surface area contributed by atoms with Gasteiger partial charge in [0, 0.05) is 30.8 Å². The Morgan fingerprint density at radius 2 is 2.05 bits per heavy atom. The first-order valence-electron chi connectivity index (χ1n) is 6.24. The van der Waals surface area contributed by atoms with Crippen LogP contribution in [0.5, 0.6) is 0 Å². The fourth-order valence-corrected chi connectivity index (χ4v) is 2.69. The standard InChI is InChI=1S/C13H11ClN4O3S/c1-22(20,21)11-6-12-17(5-4-13(19)18(12)16-11)8-9-2-3-10(14)15-7-9/h2-7H,8H2,1H3. The summed E-state index contributed by atoms with van der Waals surface area (Å²) < 4.78 is 26.0. The summed E-state index contributed by atoms with van der Waals surface area (Å²) in [6, 6.07) is 6.17. The van der Waals surface area contributed by atoms with Gasteiger partial charge in [-0.2, -0.15) is 9.61 Å². The molecule has 114 valence electrons. The molecule has 0 unspecified atom stereocenters. The number of aromatic nitrogens is 4. The molecule has 0 spiro atoms. The van der Waals surface area contributed by atoms with E-state index in [1.165, 1.54) is 12.1 Å². The molecule has 0 radical (unpaired) electrons. The second-order valence-electron chi connectivity index (χ2n) is 4.80. The Morgan fingerprint density at radius 3 is 2.68 bits per heavy atom. The van der Waals surface area contributed by atoms with Gasteiger partial charge >= 0.3 is 0 Å². The van der Waals surface area contributed by atoms with Crippen molar-refractivity contribution in [2.45, 2.75) is 11.6 Å². The molecule has 0 saturated heterocycles. The SMILES string of the molecule is CS(=O)(=O)c1cc2n(Cc3ccc(Cl)nc3)ccc(=O)n2n1. The molecular weight excluding hydrogens is 328 g/mol. The number of rotatable bonds is 3. The summed E-state index contributed by atoms with van der Waals surface area (Å²) in [6.07, 6.45) is 4.25. The summed E-state index contributed by atoms with van der Waals surface area (Å²) in [5.74, 6) is 0. The van der Waals surface area contributed by atoms with Gasteiger partial charge in [0.2, 0.25) is 0 Å².